The minimum atomic E-state index is -0.819. The van der Waals surface area contributed by atoms with Crippen LogP contribution in [-0.2, 0) is 9.59 Å². The van der Waals surface area contributed by atoms with Gasteiger partial charge in [-0.15, -0.1) is 0 Å². The largest absolute Gasteiger partial charge is 0.352 e. The highest BCUT2D eigenvalue weighted by atomic mass is 16.2. The van der Waals surface area contributed by atoms with E-state index in [-0.39, 0.29) is 24.3 Å². The summed E-state index contributed by atoms with van der Waals surface area (Å²) in [5, 5.41) is 2.90. The molecule has 1 aromatic heterocycles. The molecule has 3 fully saturated rings. The van der Waals surface area contributed by atoms with Gasteiger partial charge in [-0.2, -0.15) is 0 Å². The van der Waals surface area contributed by atoms with Gasteiger partial charge in [-0.05, 0) is 18.8 Å². The highest BCUT2D eigenvalue weighted by molar-refractivity contribution is 6.09. The molecule has 4 amide bonds. The van der Waals surface area contributed by atoms with Gasteiger partial charge in [0.2, 0.25) is 5.91 Å². The normalized spacial score (nSPS) is 28.0. The highest BCUT2D eigenvalue weighted by Crippen LogP contribution is 2.38. The number of carbonyl (C=O) groups is 3. The number of nitrogens with zero attached hydrogens (tertiary/aromatic N) is 5. The number of anilines is 1. The SMILES string of the molecule is CC1CCCCC12NC(=O)N(CC(=O)N1CCN(c3cnccn3)CC1)C2=O. The minimum absolute atomic E-state index is 0.0910. The van der Waals surface area contributed by atoms with Gasteiger partial charge in [0.25, 0.3) is 5.91 Å². The number of urea groups is 1. The zero-order valence-electron chi connectivity index (χ0n) is 16.1. The first-order valence-corrected chi connectivity index (χ1v) is 9.94. The first-order valence-electron chi connectivity index (χ1n) is 9.94. The standard InChI is InChI=1S/C19H26N6O3/c1-14-4-2-3-5-19(14)17(27)25(18(28)22-19)13-16(26)24-10-8-23(9-11-24)15-12-20-6-7-21-15/h6-7,12,14H,2-5,8-11,13H2,1H3,(H,22,28). The lowest BCUT2D eigenvalue weighted by atomic mass is 9.73. The molecule has 1 N–H and O–H groups in total. The van der Waals surface area contributed by atoms with Crippen LogP contribution in [0.4, 0.5) is 10.6 Å². The Labute approximate surface area is 164 Å². The first kappa shape index (κ1) is 18.6. The summed E-state index contributed by atoms with van der Waals surface area (Å²) in [5.74, 6) is 0.448. The third-order valence-corrected chi connectivity index (χ3v) is 6.30. The van der Waals surface area contributed by atoms with Crippen LogP contribution in [0.2, 0.25) is 0 Å². The Bertz CT molecular complexity index is 764. The van der Waals surface area contributed by atoms with Gasteiger partial charge in [-0.3, -0.25) is 19.5 Å². The summed E-state index contributed by atoms with van der Waals surface area (Å²) in [6, 6.07) is -0.440. The van der Waals surface area contributed by atoms with Gasteiger partial charge in [0, 0.05) is 38.6 Å². The highest BCUT2D eigenvalue weighted by Gasteiger charge is 2.55. The molecule has 2 atom stereocenters. The summed E-state index contributed by atoms with van der Waals surface area (Å²) in [6.07, 6.45) is 8.53. The maximum atomic E-state index is 13.0. The summed E-state index contributed by atoms with van der Waals surface area (Å²) in [5.41, 5.74) is -0.819. The molecule has 3 aliphatic rings. The molecule has 1 aromatic rings. The molecule has 0 radical (unpaired) electrons. The van der Waals surface area contributed by atoms with Gasteiger partial charge in [0.05, 0.1) is 6.20 Å². The van der Waals surface area contributed by atoms with Gasteiger partial charge in [-0.25, -0.2) is 9.78 Å². The van der Waals surface area contributed by atoms with Crippen LogP contribution in [0.5, 0.6) is 0 Å². The maximum absolute atomic E-state index is 13.0. The van der Waals surface area contributed by atoms with E-state index >= 15 is 0 Å². The number of rotatable bonds is 3. The van der Waals surface area contributed by atoms with Crippen LogP contribution in [0.1, 0.15) is 32.6 Å². The van der Waals surface area contributed by atoms with E-state index in [0.29, 0.717) is 32.6 Å². The van der Waals surface area contributed by atoms with Crippen molar-refractivity contribution in [2.45, 2.75) is 38.1 Å². The van der Waals surface area contributed by atoms with Crippen LogP contribution in [0.3, 0.4) is 0 Å². The lowest BCUT2D eigenvalue weighted by Gasteiger charge is -2.37. The Hall–Kier alpha value is -2.71. The zero-order chi connectivity index (χ0) is 19.7. The van der Waals surface area contributed by atoms with Crippen LogP contribution in [0.15, 0.2) is 18.6 Å². The molecule has 3 heterocycles. The fourth-order valence-corrected chi connectivity index (χ4v) is 4.51. The van der Waals surface area contributed by atoms with Crippen molar-refractivity contribution >= 4 is 23.7 Å². The second kappa shape index (κ2) is 7.37. The van der Waals surface area contributed by atoms with E-state index in [2.05, 4.69) is 20.2 Å². The van der Waals surface area contributed by atoms with Gasteiger partial charge in [0.15, 0.2) is 0 Å². The van der Waals surface area contributed by atoms with E-state index < -0.39 is 11.6 Å². The molecule has 1 saturated carbocycles. The van der Waals surface area contributed by atoms with E-state index in [4.69, 9.17) is 0 Å². The number of carbonyl (C=O) groups excluding carboxylic acids is 3. The second-order valence-corrected chi connectivity index (χ2v) is 7.87. The smallest absolute Gasteiger partial charge is 0.325 e. The number of amides is 4. The summed E-state index contributed by atoms with van der Waals surface area (Å²) in [6.45, 7) is 4.16. The van der Waals surface area contributed by atoms with Crippen molar-refractivity contribution in [2.24, 2.45) is 5.92 Å². The number of hydrogen-bond donors (Lipinski definition) is 1. The maximum Gasteiger partial charge on any atom is 0.325 e. The molecule has 2 saturated heterocycles. The first-order chi connectivity index (χ1) is 13.5. The Morgan fingerprint density at radius 1 is 1.21 bits per heavy atom. The topological polar surface area (TPSA) is 98.7 Å². The number of hydrogen-bond acceptors (Lipinski definition) is 6. The molecular weight excluding hydrogens is 360 g/mol. The average molecular weight is 386 g/mol. The van der Waals surface area contributed by atoms with Crippen molar-refractivity contribution < 1.29 is 14.4 Å². The monoisotopic (exact) mass is 386 g/mol. The average Bonchev–Trinajstić information content (AvgIpc) is 2.96. The van der Waals surface area contributed by atoms with E-state index in [0.717, 1.165) is 30.0 Å². The number of aromatic nitrogens is 2. The molecule has 1 aliphatic carbocycles. The molecule has 9 nitrogen and oxygen atoms in total. The van der Waals surface area contributed by atoms with Gasteiger partial charge in [-0.1, -0.05) is 19.8 Å². The third kappa shape index (κ3) is 3.18. The van der Waals surface area contributed by atoms with Crippen LogP contribution < -0.4 is 10.2 Å². The van der Waals surface area contributed by atoms with Crippen molar-refractivity contribution in [3.05, 3.63) is 18.6 Å². The summed E-state index contributed by atoms with van der Waals surface area (Å²) in [7, 11) is 0. The lowest BCUT2D eigenvalue weighted by Crippen LogP contribution is -2.55. The van der Waals surface area contributed by atoms with Gasteiger partial charge in [0.1, 0.15) is 17.9 Å². The molecular formula is C19H26N6O3. The molecule has 0 bridgehead atoms. The van der Waals surface area contributed by atoms with Crippen molar-refractivity contribution in [3.63, 3.8) is 0 Å². The van der Waals surface area contributed by atoms with Gasteiger partial charge < -0.3 is 15.1 Å². The molecule has 2 aliphatic heterocycles. The fraction of sp³-hybridized carbons (Fsp3) is 0.632. The van der Waals surface area contributed by atoms with Crippen molar-refractivity contribution in [3.8, 4) is 0 Å². The number of imide groups is 1. The Morgan fingerprint density at radius 2 is 2.00 bits per heavy atom. The fourth-order valence-electron chi connectivity index (χ4n) is 4.51. The van der Waals surface area contributed by atoms with Crippen LogP contribution in [0, 0.1) is 5.92 Å². The molecule has 2 unspecified atom stereocenters. The molecule has 9 heteroatoms. The lowest BCUT2D eigenvalue weighted by molar-refractivity contribution is -0.140. The molecule has 4 rings (SSSR count). The quantitative estimate of drug-likeness (QED) is 0.765. The predicted octanol–water partition coefficient (Wildman–Crippen LogP) is 0.626. The predicted molar refractivity (Wildman–Crippen MR) is 101 cm³/mol. The Balaban J connectivity index is 1.36. The van der Waals surface area contributed by atoms with Crippen molar-refractivity contribution in [1.82, 2.24) is 25.1 Å². The molecule has 28 heavy (non-hydrogen) atoms. The van der Waals surface area contributed by atoms with Crippen LogP contribution in [-0.4, -0.2) is 75.9 Å². The van der Waals surface area contributed by atoms with Crippen molar-refractivity contribution in [2.75, 3.05) is 37.6 Å². The molecule has 0 aromatic carbocycles. The summed E-state index contributed by atoms with van der Waals surface area (Å²) < 4.78 is 0. The Morgan fingerprint density at radius 3 is 2.68 bits per heavy atom. The third-order valence-electron chi connectivity index (χ3n) is 6.30. The van der Waals surface area contributed by atoms with Gasteiger partial charge >= 0.3 is 6.03 Å². The zero-order valence-corrected chi connectivity index (χ0v) is 16.1. The minimum Gasteiger partial charge on any atom is -0.352 e. The van der Waals surface area contributed by atoms with E-state index in [1.165, 1.54) is 0 Å². The second-order valence-electron chi connectivity index (χ2n) is 7.87. The van der Waals surface area contributed by atoms with E-state index in [1.54, 1.807) is 23.5 Å². The van der Waals surface area contributed by atoms with E-state index in [9.17, 15) is 14.4 Å². The molecule has 1 spiro atoms. The van der Waals surface area contributed by atoms with Crippen LogP contribution in [0.25, 0.3) is 0 Å². The summed E-state index contributed by atoms with van der Waals surface area (Å²) in [4.78, 5) is 51.5. The van der Waals surface area contributed by atoms with Crippen LogP contribution >= 0.6 is 0 Å². The van der Waals surface area contributed by atoms with Crippen molar-refractivity contribution in [1.29, 1.82) is 0 Å². The number of piperazine rings is 1. The number of nitrogens with one attached hydrogen (secondary N) is 1. The summed E-state index contributed by atoms with van der Waals surface area (Å²) >= 11 is 0. The molecule has 150 valence electrons. The Kier molecular flexibility index (Phi) is 4.91. The van der Waals surface area contributed by atoms with E-state index in [1.807, 2.05) is 6.92 Å².